The molecule has 2 atom stereocenters. The van der Waals surface area contributed by atoms with Crippen molar-refractivity contribution < 1.29 is 22.7 Å². The number of halogens is 4. The Hall–Kier alpha value is -2.93. The van der Waals surface area contributed by atoms with Gasteiger partial charge in [0.15, 0.2) is 0 Å². The number of aromatic nitrogens is 4. The molecule has 2 N–H and O–H groups in total. The minimum Gasteiger partial charge on any atom is -0.380 e. The standard InChI is InChI=1S/C20H23ClF3N7O3/c21-12-8-26-19(27-9-12)31-5-3-30(4-6-31)16(32)7-13-1-2-14(34-13)10-25-15-11-28-29-18(33)17(15)20(22,23)24/h8-9,11,13-14H,1-7,10H2,(H2,25,29,33). The highest BCUT2D eigenvalue weighted by Crippen LogP contribution is 2.32. The second kappa shape index (κ2) is 10.1. The van der Waals surface area contributed by atoms with Crippen molar-refractivity contribution in [2.24, 2.45) is 0 Å². The van der Waals surface area contributed by atoms with Gasteiger partial charge in [0.1, 0.15) is 5.56 Å². The summed E-state index contributed by atoms with van der Waals surface area (Å²) in [5, 5.41) is 8.30. The summed E-state index contributed by atoms with van der Waals surface area (Å²) in [5.74, 6) is 0.531. The first-order valence-corrected chi connectivity index (χ1v) is 11.1. The van der Waals surface area contributed by atoms with E-state index in [0.29, 0.717) is 50.0 Å². The molecular formula is C20H23ClF3N7O3. The lowest BCUT2D eigenvalue weighted by Crippen LogP contribution is -2.49. The predicted octanol–water partition coefficient (Wildman–Crippen LogP) is 1.93. The highest BCUT2D eigenvalue weighted by Gasteiger charge is 2.38. The maximum Gasteiger partial charge on any atom is 0.423 e. The number of piperazine rings is 1. The first-order valence-electron chi connectivity index (χ1n) is 10.7. The van der Waals surface area contributed by atoms with Crippen LogP contribution in [0.2, 0.25) is 5.02 Å². The molecule has 2 aromatic rings. The van der Waals surface area contributed by atoms with E-state index in [0.717, 1.165) is 6.20 Å². The van der Waals surface area contributed by atoms with Gasteiger partial charge in [-0.25, -0.2) is 15.1 Å². The normalized spacial score (nSPS) is 21.1. The summed E-state index contributed by atoms with van der Waals surface area (Å²) >= 11 is 5.81. The van der Waals surface area contributed by atoms with E-state index in [9.17, 15) is 22.8 Å². The average molecular weight is 502 g/mol. The molecule has 2 fully saturated rings. The van der Waals surface area contributed by atoms with Crippen LogP contribution in [0.15, 0.2) is 23.4 Å². The Morgan fingerprint density at radius 1 is 1.15 bits per heavy atom. The van der Waals surface area contributed by atoms with Crippen molar-refractivity contribution in [1.82, 2.24) is 25.1 Å². The van der Waals surface area contributed by atoms with Crippen LogP contribution >= 0.6 is 11.6 Å². The lowest BCUT2D eigenvalue weighted by atomic mass is 10.1. The highest BCUT2D eigenvalue weighted by atomic mass is 35.5. The summed E-state index contributed by atoms with van der Waals surface area (Å²) in [7, 11) is 0. The van der Waals surface area contributed by atoms with Gasteiger partial charge in [-0.15, -0.1) is 0 Å². The summed E-state index contributed by atoms with van der Waals surface area (Å²) in [4.78, 5) is 36.4. The quantitative estimate of drug-likeness (QED) is 0.617. The van der Waals surface area contributed by atoms with E-state index in [1.54, 1.807) is 10.00 Å². The Balaban J connectivity index is 1.23. The van der Waals surface area contributed by atoms with Crippen LogP contribution < -0.4 is 15.8 Å². The summed E-state index contributed by atoms with van der Waals surface area (Å²) in [6.07, 6.45) is -0.104. The molecule has 184 valence electrons. The fourth-order valence-electron chi connectivity index (χ4n) is 4.07. The predicted molar refractivity (Wildman–Crippen MR) is 117 cm³/mol. The summed E-state index contributed by atoms with van der Waals surface area (Å²) in [6, 6.07) is 0. The molecule has 4 heterocycles. The van der Waals surface area contributed by atoms with Crippen LogP contribution in [-0.2, 0) is 15.7 Å². The van der Waals surface area contributed by atoms with Crippen LogP contribution in [0.25, 0.3) is 0 Å². The van der Waals surface area contributed by atoms with E-state index >= 15 is 0 Å². The van der Waals surface area contributed by atoms with Gasteiger partial charge < -0.3 is 19.9 Å². The van der Waals surface area contributed by atoms with Crippen LogP contribution in [0.5, 0.6) is 0 Å². The van der Waals surface area contributed by atoms with Gasteiger partial charge in [0.25, 0.3) is 5.56 Å². The van der Waals surface area contributed by atoms with E-state index in [1.807, 2.05) is 4.90 Å². The fourth-order valence-corrected chi connectivity index (χ4v) is 4.16. The molecule has 2 unspecified atom stereocenters. The number of hydrogen-bond acceptors (Lipinski definition) is 8. The van der Waals surface area contributed by atoms with Crippen molar-refractivity contribution in [3.63, 3.8) is 0 Å². The SMILES string of the molecule is O=C(CC1CCC(CNc2cn[nH]c(=O)c2C(F)(F)F)O1)N1CCN(c2ncc(Cl)cn2)CC1. The topological polar surface area (TPSA) is 116 Å². The van der Waals surface area contributed by atoms with Crippen molar-refractivity contribution in [3.8, 4) is 0 Å². The van der Waals surface area contributed by atoms with Gasteiger partial charge in [0, 0.05) is 32.7 Å². The molecule has 0 aromatic carbocycles. The third-order valence-corrected chi connectivity index (χ3v) is 5.97. The Labute approximate surface area is 197 Å². The maximum absolute atomic E-state index is 13.2. The molecule has 10 nitrogen and oxygen atoms in total. The number of hydrogen-bond donors (Lipinski definition) is 2. The molecule has 0 bridgehead atoms. The Morgan fingerprint density at radius 2 is 1.82 bits per heavy atom. The smallest absolute Gasteiger partial charge is 0.380 e. The van der Waals surface area contributed by atoms with Crippen LogP contribution in [0, 0.1) is 0 Å². The van der Waals surface area contributed by atoms with Gasteiger partial charge in [-0.1, -0.05) is 11.6 Å². The van der Waals surface area contributed by atoms with Gasteiger partial charge in [0.2, 0.25) is 11.9 Å². The number of ether oxygens (including phenoxy) is 1. The molecule has 2 saturated heterocycles. The minimum atomic E-state index is -4.81. The number of H-pyrrole nitrogens is 1. The first-order chi connectivity index (χ1) is 16.2. The van der Waals surface area contributed by atoms with Crippen molar-refractivity contribution in [2.75, 3.05) is 42.9 Å². The Kier molecular flexibility index (Phi) is 7.22. The van der Waals surface area contributed by atoms with Crippen LogP contribution in [0.4, 0.5) is 24.8 Å². The van der Waals surface area contributed by atoms with Crippen LogP contribution in [-0.4, -0.2) is 75.9 Å². The Morgan fingerprint density at radius 3 is 2.50 bits per heavy atom. The lowest BCUT2D eigenvalue weighted by Gasteiger charge is -2.35. The fraction of sp³-hybridized carbons (Fsp3) is 0.550. The number of carbonyl (C=O) groups excluding carboxylic acids is 1. The molecule has 2 aromatic heterocycles. The summed E-state index contributed by atoms with van der Waals surface area (Å²) in [5.41, 5.74) is -3.03. The number of nitrogens with zero attached hydrogens (tertiary/aromatic N) is 5. The maximum atomic E-state index is 13.2. The number of aromatic amines is 1. The van der Waals surface area contributed by atoms with Crippen molar-refractivity contribution in [1.29, 1.82) is 0 Å². The van der Waals surface area contributed by atoms with Gasteiger partial charge >= 0.3 is 6.18 Å². The van der Waals surface area contributed by atoms with Gasteiger partial charge in [-0.3, -0.25) is 9.59 Å². The number of anilines is 2. The third kappa shape index (κ3) is 5.76. The number of carbonyl (C=O) groups is 1. The second-order valence-electron chi connectivity index (χ2n) is 8.10. The number of alkyl halides is 3. The molecule has 4 rings (SSSR count). The monoisotopic (exact) mass is 501 g/mol. The minimum absolute atomic E-state index is 0.0339. The van der Waals surface area contributed by atoms with E-state index < -0.39 is 23.0 Å². The largest absolute Gasteiger partial charge is 0.423 e. The number of nitrogens with one attached hydrogen (secondary N) is 2. The zero-order chi connectivity index (χ0) is 24.3. The summed E-state index contributed by atoms with van der Waals surface area (Å²) < 4.78 is 45.3. The van der Waals surface area contributed by atoms with E-state index in [-0.39, 0.29) is 31.1 Å². The molecule has 34 heavy (non-hydrogen) atoms. The van der Waals surface area contributed by atoms with E-state index in [2.05, 4.69) is 20.4 Å². The van der Waals surface area contributed by atoms with E-state index in [1.165, 1.54) is 12.4 Å². The zero-order valence-electron chi connectivity index (χ0n) is 18.0. The highest BCUT2D eigenvalue weighted by molar-refractivity contribution is 6.30. The molecule has 0 radical (unpaired) electrons. The van der Waals surface area contributed by atoms with Crippen LogP contribution in [0.3, 0.4) is 0 Å². The zero-order valence-corrected chi connectivity index (χ0v) is 18.8. The number of rotatable bonds is 6. The van der Waals surface area contributed by atoms with E-state index in [4.69, 9.17) is 16.3 Å². The molecule has 0 saturated carbocycles. The lowest BCUT2D eigenvalue weighted by molar-refractivity contribution is -0.138. The van der Waals surface area contributed by atoms with Crippen molar-refractivity contribution in [2.45, 2.75) is 37.6 Å². The number of amides is 1. The molecule has 2 aliphatic heterocycles. The van der Waals surface area contributed by atoms with Gasteiger partial charge in [0.05, 0.1) is 47.9 Å². The molecular weight excluding hydrogens is 479 g/mol. The van der Waals surface area contributed by atoms with Crippen molar-refractivity contribution >= 4 is 29.1 Å². The van der Waals surface area contributed by atoms with Gasteiger partial charge in [-0.2, -0.15) is 18.3 Å². The molecule has 0 aliphatic carbocycles. The molecule has 1 amide bonds. The molecule has 2 aliphatic rings. The molecule has 14 heteroatoms. The third-order valence-electron chi connectivity index (χ3n) is 5.78. The average Bonchev–Trinajstić information content (AvgIpc) is 3.24. The van der Waals surface area contributed by atoms with Gasteiger partial charge in [-0.05, 0) is 12.8 Å². The summed E-state index contributed by atoms with van der Waals surface area (Å²) in [6.45, 7) is 2.31. The second-order valence-corrected chi connectivity index (χ2v) is 8.53. The van der Waals surface area contributed by atoms with Crippen molar-refractivity contribution in [3.05, 3.63) is 39.5 Å². The Bertz CT molecular complexity index is 1060. The first kappa shape index (κ1) is 24.2. The van der Waals surface area contributed by atoms with Crippen LogP contribution in [0.1, 0.15) is 24.8 Å². The molecule has 0 spiro atoms.